The molecule has 2 aliphatic rings. The molecular weight excluding hydrogens is 696 g/mol. The van der Waals surface area contributed by atoms with Crippen LogP contribution >= 0.6 is 27.6 Å². The average Bonchev–Trinajstić information content (AvgIpc) is 3.76. The molecule has 7 aromatic rings. The van der Waals surface area contributed by atoms with E-state index in [0.717, 1.165) is 43.8 Å². The smallest absolute Gasteiger partial charge is 0.0927 e. The van der Waals surface area contributed by atoms with Crippen molar-refractivity contribution in [2.24, 2.45) is 0 Å². The van der Waals surface area contributed by atoms with Gasteiger partial charge in [0.15, 0.2) is 0 Å². The van der Waals surface area contributed by atoms with Crippen LogP contribution < -0.4 is 9.97 Å². The third-order valence-corrected chi connectivity index (χ3v) is 7.33. The van der Waals surface area contributed by atoms with Gasteiger partial charge in [-0.1, -0.05) is 97.1 Å². The number of aromatic nitrogens is 8. The Kier molecular flexibility index (Phi) is 6.91. The van der Waals surface area contributed by atoms with Crippen LogP contribution in [0.25, 0.3) is 89.7 Å². The molecule has 212 valence electrons. The minimum Gasteiger partial charge on any atom is -0.357 e. The Morgan fingerprint density at radius 2 is 0.591 bits per heavy atom. The number of hydrogen-bond donors (Lipinski definition) is 0. The van der Waals surface area contributed by atoms with Crippen LogP contribution in [-0.2, 0) is 15.2 Å². The molecule has 3 aromatic heterocycles. The molecule has 0 saturated carbocycles. The Bertz CT molecular complexity index is 2100. The Morgan fingerprint density at radius 3 is 0.841 bits per heavy atom. The van der Waals surface area contributed by atoms with Crippen LogP contribution in [0, 0.1) is 0 Å². The van der Waals surface area contributed by atoms with Gasteiger partial charge in [-0.2, -0.15) is 0 Å². The zero-order chi connectivity index (χ0) is 29.8. The predicted molar refractivity (Wildman–Crippen MR) is 172 cm³/mol. The fourth-order valence-corrected chi connectivity index (χ4v) is 5.46. The van der Waals surface area contributed by atoms with Gasteiger partial charge >= 0.3 is 42.8 Å². The van der Waals surface area contributed by atoms with Gasteiger partial charge in [0, 0.05) is 44.8 Å². The molecule has 0 atom stereocenters. The maximum atomic E-state index is 4.99. The van der Waals surface area contributed by atoms with E-state index in [4.69, 9.17) is 67.4 Å². The van der Waals surface area contributed by atoms with E-state index >= 15 is 0 Å². The van der Waals surface area contributed by atoms with E-state index in [2.05, 4.69) is 0 Å². The monoisotopic (exact) mass is 710 g/mol. The Morgan fingerprint density at radius 1 is 0.364 bits per heavy atom. The van der Waals surface area contributed by atoms with Gasteiger partial charge in [-0.15, -0.1) is 0 Å². The number of rotatable bonds is 0. The molecule has 0 spiro atoms. The van der Waals surface area contributed by atoms with Crippen molar-refractivity contribution in [3.05, 3.63) is 97.1 Å². The summed E-state index contributed by atoms with van der Waals surface area (Å²) in [7, 11) is 15.0. The standard InChI is InChI=1S/C32H16N8.3ClH.Nb/c1-2-10-18-17(9-1)25-33-26(18)38-28-21-13-5-6-14-22(21)30(35-28)40-32-24-16-8-7-15-23(24)31(36-32)39-29-20-12-4-3-11-19(20)27(34-29)37-25;;;;/h1-16H;3*1H;/q-2;;;;+3/p-3. The minimum atomic E-state index is -2.03. The molecule has 12 heteroatoms. The fraction of sp³-hybridized carbons (Fsp3) is 0. The number of hydrogen-bond acceptors (Lipinski definition) is 6. The molecule has 8 bridgehead atoms. The van der Waals surface area contributed by atoms with Crippen molar-refractivity contribution in [1.82, 2.24) is 39.9 Å². The number of nitrogens with zero attached hydrogens (tertiary/aromatic N) is 8. The normalized spacial score (nSPS) is 11.7. The van der Waals surface area contributed by atoms with Crippen LogP contribution in [-0.4, -0.2) is 29.9 Å². The van der Waals surface area contributed by atoms with E-state index < -0.39 is 15.2 Å². The van der Waals surface area contributed by atoms with Crippen LogP contribution in [0.1, 0.15) is 0 Å². The van der Waals surface area contributed by atoms with Gasteiger partial charge in [0.2, 0.25) is 0 Å². The summed E-state index contributed by atoms with van der Waals surface area (Å²) in [6, 6.07) is 31.8. The Hall–Kier alpha value is -4.15. The van der Waals surface area contributed by atoms with E-state index in [1.54, 1.807) is 0 Å². The van der Waals surface area contributed by atoms with E-state index in [1.807, 2.05) is 97.1 Å². The molecular formula is C32H16Cl3N8Nb-2. The summed E-state index contributed by atoms with van der Waals surface area (Å²) in [5.41, 5.74) is 5.78. The SMILES string of the molecule is [Cl][Nb]([Cl])[Cl].c1ccc2c(c1)-c1nc-2nc2[n-]c(nc3nc(nc4[n-]c(n1)c1ccccc41)-c1ccccc1-3)c1ccccc21. The van der Waals surface area contributed by atoms with Crippen LogP contribution in [0.3, 0.4) is 0 Å². The second-order valence-electron chi connectivity index (χ2n) is 9.86. The van der Waals surface area contributed by atoms with Gasteiger partial charge in [0.05, 0.1) is 23.3 Å². The zero-order valence-electron chi connectivity index (χ0n) is 22.4. The first-order valence-electron chi connectivity index (χ1n) is 13.4. The Balaban J connectivity index is 0.000000684. The molecule has 2 aliphatic heterocycles. The van der Waals surface area contributed by atoms with Crippen LogP contribution in [0.15, 0.2) is 97.1 Å². The molecule has 9 rings (SSSR count). The van der Waals surface area contributed by atoms with Gasteiger partial charge in [-0.05, 0) is 21.5 Å². The van der Waals surface area contributed by atoms with Crippen LogP contribution in [0.4, 0.5) is 0 Å². The topological polar surface area (TPSA) is 106 Å². The van der Waals surface area contributed by atoms with E-state index in [0.29, 0.717) is 45.9 Å². The maximum absolute atomic E-state index is 4.99. The molecule has 44 heavy (non-hydrogen) atoms. The largest absolute Gasteiger partial charge is 0.357 e. The van der Waals surface area contributed by atoms with Crippen molar-refractivity contribution in [2.75, 3.05) is 0 Å². The minimum absolute atomic E-state index is 0.552. The van der Waals surface area contributed by atoms with Crippen LogP contribution in [0.2, 0.25) is 0 Å². The molecule has 0 unspecified atom stereocenters. The first kappa shape index (κ1) is 27.4. The number of halogens is 3. The molecule has 4 aromatic carbocycles. The summed E-state index contributed by atoms with van der Waals surface area (Å²) in [5, 5.41) is 3.57. The predicted octanol–water partition coefficient (Wildman–Crippen LogP) is 8.19. The molecule has 0 saturated heterocycles. The molecule has 0 N–H and O–H groups in total. The molecule has 0 radical (unpaired) electrons. The zero-order valence-corrected chi connectivity index (χ0v) is 26.9. The summed E-state index contributed by atoms with van der Waals surface area (Å²) < 4.78 is 0. The van der Waals surface area contributed by atoms with E-state index in [9.17, 15) is 0 Å². The third kappa shape index (κ3) is 4.77. The molecule has 5 heterocycles. The quantitative estimate of drug-likeness (QED) is 0.145. The molecule has 0 amide bonds. The fourth-order valence-electron chi connectivity index (χ4n) is 5.46. The van der Waals surface area contributed by atoms with Crippen LogP contribution in [0.5, 0.6) is 0 Å². The summed E-state index contributed by atoms with van der Waals surface area (Å²) >= 11 is -2.03. The average molecular weight is 712 g/mol. The van der Waals surface area contributed by atoms with E-state index in [-0.39, 0.29) is 0 Å². The van der Waals surface area contributed by atoms with Gasteiger partial charge in [0.1, 0.15) is 0 Å². The number of benzene rings is 4. The van der Waals surface area contributed by atoms with Gasteiger partial charge in [0.25, 0.3) is 0 Å². The van der Waals surface area contributed by atoms with Gasteiger partial charge in [-0.25, -0.2) is 9.97 Å². The molecule has 0 aliphatic carbocycles. The molecule has 0 fully saturated rings. The second kappa shape index (κ2) is 11.1. The van der Waals surface area contributed by atoms with Crippen molar-refractivity contribution in [3.8, 4) is 45.6 Å². The summed E-state index contributed by atoms with van der Waals surface area (Å²) in [6.45, 7) is 0. The number of fused-ring (bicyclic) bond motifs is 20. The van der Waals surface area contributed by atoms with Gasteiger partial charge in [-0.3, -0.25) is 0 Å². The second-order valence-corrected chi connectivity index (χ2v) is 19.9. The Labute approximate surface area is 267 Å². The van der Waals surface area contributed by atoms with Crippen molar-refractivity contribution < 1.29 is 15.2 Å². The van der Waals surface area contributed by atoms with Gasteiger partial charge < -0.3 is 29.9 Å². The molecule has 8 nitrogen and oxygen atoms in total. The van der Waals surface area contributed by atoms with Crippen molar-refractivity contribution in [1.29, 1.82) is 0 Å². The first-order chi connectivity index (χ1) is 21.5. The van der Waals surface area contributed by atoms with Crippen molar-refractivity contribution in [3.63, 3.8) is 0 Å². The van der Waals surface area contributed by atoms with E-state index in [1.165, 1.54) is 0 Å². The summed E-state index contributed by atoms with van der Waals surface area (Å²) in [6.07, 6.45) is 0. The third-order valence-electron chi connectivity index (χ3n) is 7.33. The summed E-state index contributed by atoms with van der Waals surface area (Å²) in [4.78, 5) is 39.3. The maximum Gasteiger partial charge on any atom is 0.0927 e. The van der Waals surface area contributed by atoms with Crippen molar-refractivity contribution in [2.45, 2.75) is 0 Å². The first-order valence-corrected chi connectivity index (χ1v) is 21.9. The van der Waals surface area contributed by atoms with Crippen molar-refractivity contribution >= 4 is 71.7 Å². The summed E-state index contributed by atoms with van der Waals surface area (Å²) in [5.74, 6) is 2.21.